The van der Waals surface area contributed by atoms with E-state index in [2.05, 4.69) is 15.6 Å². The molecular weight excluding hydrogens is 234 g/mol. The minimum Gasteiger partial charge on any atom is -0.479 e. The summed E-state index contributed by atoms with van der Waals surface area (Å²) in [4.78, 5) is 16.9. The first-order valence-corrected chi connectivity index (χ1v) is 5.54. The van der Waals surface area contributed by atoms with Crippen molar-refractivity contribution in [1.29, 1.82) is 0 Å². The molecule has 0 fully saturated rings. The normalized spacial score (nSPS) is 9.72. The summed E-state index contributed by atoms with van der Waals surface area (Å²) < 4.78 is 5.01. The number of aromatic nitrogens is 1. The predicted octanol–water partition coefficient (Wildman–Crippen LogP) is 0.356. The van der Waals surface area contributed by atoms with Crippen LogP contribution in [0.25, 0.3) is 0 Å². The summed E-state index contributed by atoms with van der Waals surface area (Å²) in [7, 11) is 4.89. The van der Waals surface area contributed by atoms with Crippen molar-refractivity contribution in [2.75, 3.05) is 45.3 Å². The molecule has 0 aliphatic heterocycles. The Kier molecular flexibility index (Phi) is 5.04. The first-order valence-electron chi connectivity index (χ1n) is 5.54. The zero-order valence-corrected chi connectivity index (χ0v) is 10.9. The molecule has 0 aliphatic carbocycles. The van der Waals surface area contributed by atoms with Gasteiger partial charge in [-0.3, -0.25) is 0 Å². The summed E-state index contributed by atoms with van der Waals surface area (Å²) >= 11 is 0. The third-order valence-electron chi connectivity index (χ3n) is 2.20. The van der Waals surface area contributed by atoms with Crippen molar-refractivity contribution >= 4 is 17.5 Å². The van der Waals surface area contributed by atoms with E-state index < -0.39 is 0 Å². The Balaban J connectivity index is 2.38. The molecule has 2 amide bonds. The highest BCUT2D eigenvalue weighted by atomic mass is 16.5. The van der Waals surface area contributed by atoms with Crippen molar-refractivity contribution in [3.8, 4) is 5.88 Å². The Bertz CT molecular complexity index is 408. The Morgan fingerprint density at radius 2 is 2.17 bits per heavy atom. The van der Waals surface area contributed by atoms with Gasteiger partial charge in [-0.15, -0.1) is 0 Å². The molecule has 0 saturated carbocycles. The van der Waals surface area contributed by atoms with Gasteiger partial charge in [-0.25, -0.2) is 4.79 Å². The van der Waals surface area contributed by atoms with E-state index in [4.69, 9.17) is 10.5 Å². The van der Waals surface area contributed by atoms with Gasteiger partial charge >= 0.3 is 6.03 Å². The molecule has 100 valence electrons. The first-order chi connectivity index (χ1) is 8.54. The molecule has 4 N–H and O–H groups in total. The van der Waals surface area contributed by atoms with E-state index in [1.54, 1.807) is 26.2 Å². The van der Waals surface area contributed by atoms with Gasteiger partial charge in [-0.1, -0.05) is 0 Å². The molecule has 0 atom stereocenters. The number of hydrogen-bond acceptors (Lipinski definition) is 5. The standard InChI is InChI=1S/C11H19N5O2/c1-16(2)11(17)14-7-6-13-9-5-4-8(12)10(15-9)18-3/h4-5H,6-7,12H2,1-3H3,(H,13,15)(H,14,17). The predicted molar refractivity (Wildman–Crippen MR) is 70.8 cm³/mol. The van der Waals surface area contributed by atoms with Crippen LogP contribution in [0.5, 0.6) is 5.88 Å². The molecule has 0 saturated heterocycles. The fourth-order valence-corrected chi connectivity index (χ4v) is 1.23. The summed E-state index contributed by atoms with van der Waals surface area (Å²) in [6.45, 7) is 1.07. The number of ether oxygens (including phenoxy) is 1. The zero-order valence-electron chi connectivity index (χ0n) is 10.9. The number of carbonyl (C=O) groups is 1. The van der Waals surface area contributed by atoms with Gasteiger partial charge in [-0.2, -0.15) is 4.98 Å². The fraction of sp³-hybridized carbons (Fsp3) is 0.455. The summed E-state index contributed by atoms with van der Waals surface area (Å²) in [6, 6.07) is 3.35. The SMILES string of the molecule is COc1nc(NCCNC(=O)N(C)C)ccc1N. The number of carbonyl (C=O) groups excluding carboxylic acids is 1. The highest BCUT2D eigenvalue weighted by Crippen LogP contribution is 2.19. The summed E-state index contributed by atoms with van der Waals surface area (Å²) in [5.74, 6) is 1.04. The summed E-state index contributed by atoms with van der Waals surface area (Å²) in [6.07, 6.45) is 0. The van der Waals surface area contributed by atoms with Crippen molar-refractivity contribution in [2.45, 2.75) is 0 Å². The van der Waals surface area contributed by atoms with Gasteiger partial charge < -0.3 is 26.0 Å². The van der Waals surface area contributed by atoms with Crippen LogP contribution in [0.2, 0.25) is 0 Å². The van der Waals surface area contributed by atoms with Crippen LogP contribution in [-0.2, 0) is 0 Å². The van der Waals surface area contributed by atoms with E-state index in [-0.39, 0.29) is 6.03 Å². The molecule has 18 heavy (non-hydrogen) atoms. The Morgan fingerprint density at radius 1 is 1.44 bits per heavy atom. The van der Waals surface area contributed by atoms with Crippen molar-refractivity contribution in [1.82, 2.24) is 15.2 Å². The quantitative estimate of drug-likeness (QED) is 0.659. The van der Waals surface area contributed by atoms with Crippen LogP contribution < -0.4 is 21.1 Å². The number of nitrogens with two attached hydrogens (primary N) is 1. The second kappa shape index (κ2) is 6.53. The lowest BCUT2D eigenvalue weighted by Gasteiger charge is -2.12. The molecule has 0 aliphatic rings. The minimum absolute atomic E-state index is 0.125. The van der Waals surface area contributed by atoms with Gasteiger partial charge in [0.1, 0.15) is 5.82 Å². The maximum atomic E-state index is 11.2. The van der Waals surface area contributed by atoms with Gasteiger partial charge in [0.15, 0.2) is 0 Å². The molecule has 0 aromatic carbocycles. The molecule has 0 unspecified atom stereocenters. The monoisotopic (exact) mass is 253 g/mol. The van der Waals surface area contributed by atoms with Crippen molar-refractivity contribution < 1.29 is 9.53 Å². The van der Waals surface area contributed by atoms with Crippen LogP contribution in [0.4, 0.5) is 16.3 Å². The van der Waals surface area contributed by atoms with E-state index in [1.165, 1.54) is 12.0 Å². The lowest BCUT2D eigenvalue weighted by atomic mass is 10.4. The molecule has 7 nitrogen and oxygen atoms in total. The fourth-order valence-electron chi connectivity index (χ4n) is 1.23. The highest BCUT2D eigenvalue weighted by Gasteiger charge is 2.03. The number of urea groups is 1. The summed E-state index contributed by atoms with van der Waals surface area (Å²) in [5, 5.41) is 5.79. The summed E-state index contributed by atoms with van der Waals surface area (Å²) in [5.41, 5.74) is 6.14. The third-order valence-corrected chi connectivity index (χ3v) is 2.20. The maximum absolute atomic E-state index is 11.2. The van der Waals surface area contributed by atoms with Crippen LogP contribution in [0.15, 0.2) is 12.1 Å². The van der Waals surface area contributed by atoms with E-state index in [0.717, 1.165) is 0 Å². The molecule has 0 bridgehead atoms. The topological polar surface area (TPSA) is 92.5 Å². The average Bonchev–Trinajstić information content (AvgIpc) is 2.35. The number of hydrogen-bond donors (Lipinski definition) is 3. The van der Waals surface area contributed by atoms with Gasteiger partial charge in [0.2, 0.25) is 5.88 Å². The third kappa shape index (κ3) is 4.00. The van der Waals surface area contributed by atoms with E-state index in [1.807, 2.05) is 0 Å². The minimum atomic E-state index is -0.125. The van der Waals surface area contributed by atoms with Crippen LogP contribution in [0.3, 0.4) is 0 Å². The van der Waals surface area contributed by atoms with E-state index in [9.17, 15) is 4.79 Å². The van der Waals surface area contributed by atoms with Gasteiger partial charge in [0.05, 0.1) is 12.8 Å². The molecule has 1 rings (SSSR count). The lowest BCUT2D eigenvalue weighted by Crippen LogP contribution is -2.37. The number of nitrogens with one attached hydrogen (secondary N) is 2. The number of methoxy groups -OCH3 is 1. The molecule has 1 aromatic heterocycles. The first kappa shape index (κ1) is 13.9. The number of anilines is 2. The van der Waals surface area contributed by atoms with Crippen LogP contribution in [0.1, 0.15) is 0 Å². The average molecular weight is 253 g/mol. The second-order valence-corrected chi connectivity index (χ2v) is 3.85. The number of rotatable bonds is 5. The van der Waals surface area contributed by atoms with Gasteiger partial charge in [0.25, 0.3) is 0 Å². The zero-order chi connectivity index (χ0) is 13.5. The van der Waals surface area contributed by atoms with Crippen LogP contribution in [0, 0.1) is 0 Å². The smallest absolute Gasteiger partial charge is 0.316 e. The van der Waals surface area contributed by atoms with Crippen LogP contribution >= 0.6 is 0 Å². The molecule has 0 radical (unpaired) electrons. The highest BCUT2D eigenvalue weighted by molar-refractivity contribution is 5.73. The molecule has 1 heterocycles. The molecular formula is C11H19N5O2. The number of amides is 2. The Morgan fingerprint density at radius 3 is 2.78 bits per heavy atom. The lowest BCUT2D eigenvalue weighted by molar-refractivity contribution is 0.218. The maximum Gasteiger partial charge on any atom is 0.316 e. The van der Waals surface area contributed by atoms with Crippen molar-refractivity contribution in [3.05, 3.63) is 12.1 Å². The van der Waals surface area contributed by atoms with Gasteiger partial charge in [-0.05, 0) is 12.1 Å². The number of nitrogens with zero attached hydrogens (tertiary/aromatic N) is 2. The number of pyridine rings is 1. The molecule has 7 heteroatoms. The largest absolute Gasteiger partial charge is 0.479 e. The molecule has 0 spiro atoms. The number of nitrogen functional groups attached to an aromatic ring is 1. The Labute approximate surface area is 106 Å². The van der Waals surface area contributed by atoms with Crippen LogP contribution in [-0.4, -0.2) is 50.2 Å². The van der Waals surface area contributed by atoms with E-state index >= 15 is 0 Å². The van der Waals surface area contributed by atoms with Gasteiger partial charge in [0, 0.05) is 27.2 Å². The molecule has 1 aromatic rings. The van der Waals surface area contributed by atoms with Crippen molar-refractivity contribution in [3.63, 3.8) is 0 Å². The van der Waals surface area contributed by atoms with Crippen molar-refractivity contribution in [2.24, 2.45) is 0 Å². The second-order valence-electron chi connectivity index (χ2n) is 3.85. The van der Waals surface area contributed by atoms with E-state index in [0.29, 0.717) is 30.5 Å². The Hall–Kier alpha value is -2.18.